The smallest absolute Gasteiger partial charge is 0.355 e. The van der Waals surface area contributed by atoms with E-state index in [1.807, 2.05) is 50.3 Å². The molecule has 4 saturated carbocycles. The van der Waals surface area contributed by atoms with E-state index in [2.05, 4.69) is 52.9 Å². The minimum atomic E-state index is -2.22. The van der Waals surface area contributed by atoms with Crippen LogP contribution in [0.5, 0.6) is 5.75 Å². The molecule has 10 nitrogen and oxygen atoms in total. The Morgan fingerprint density at radius 1 is 0.952 bits per heavy atom. The summed E-state index contributed by atoms with van der Waals surface area (Å²) in [4.78, 5) is 40.7. The van der Waals surface area contributed by atoms with E-state index < -0.39 is 25.1 Å². The molecule has 1 saturated heterocycles. The number of benzene rings is 3. The van der Waals surface area contributed by atoms with Crippen molar-refractivity contribution in [3.63, 3.8) is 0 Å². The first kappa shape index (κ1) is 44.9. The number of esters is 1. The molecule has 0 N–H and O–H groups in total. The highest BCUT2D eigenvalue weighted by molar-refractivity contribution is 6.74. The van der Waals surface area contributed by atoms with E-state index in [-0.39, 0.29) is 53.6 Å². The molecule has 12 heteroatoms. The highest BCUT2D eigenvalue weighted by Crippen LogP contribution is 2.59. The summed E-state index contributed by atoms with van der Waals surface area (Å²) in [5.41, 5.74) is 6.39. The van der Waals surface area contributed by atoms with Crippen molar-refractivity contribution in [2.45, 2.75) is 117 Å². The summed E-state index contributed by atoms with van der Waals surface area (Å²) in [6, 6.07) is 17.6. The number of β-lactam (4-membered cyclic amide) rings is 1. The number of carbonyl (C=O) groups excluding carboxylic acids is 2. The summed E-state index contributed by atoms with van der Waals surface area (Å²) in [6.07, 6.45) is 9.97. The SMILES string of the molecule is C/C=C/c1ccc(C(OC)=C2C3CC4CC(C3)CC2C4)c(Cl)c1OCc1ccc(C2=C(C(=O)OCc3ccc([N+](=O)[O-])cc3)N3C(=O)[C@H]([C@@H](C)O[Si](C)(C)C(C)(C)C)[C@H]3[C@H]2C)cc1. The summed E-state index contributed by atoms with van der Waals surface area (Å²) >= 11 is 7.31. The number of nitro groups is 1. The fourth-order valence-electron chi connectivity index (χ4n) is 11.2. The maximum atomic E-state index is 14.2. The van der Waals surface area contributed by atoms with E-state index >= 15 is 0 Å². The molecule has 2 aliphatic heterocycles. The van der Waals surface area contributed by atoms with Gasteiger partial charge in [0.05, 0.1) is 35.1 Å². The van der Waals surface area contributed by atoms with Crippen LogP contribution >= 0.6 is 11.6 Å². The van der Waals surface area contributed by atoms with Gasteiger partial charge in [0.15, 0.2) is 8.32 Å². The number of ether oxygens (including phenoxy) is 3. The highest BCUT2D eigenvalue weighted by atomic mass is 35.5. The molecule has 2 heterocycles. The monoisotopic (exact) mass is 892 g/mol. The van der Waals surface area contributed by atoms with Crippen LogP contribution in [-0.4, -0.2) is 49.3 Å². The molecule has 1 amide bonds. The lowest BCUT2D eigenvalue weighted by molar-refractivity contribution is -0.384. The van der Waals surface area contributed by atoms with Crippen LogP contribution < -0.4 is 4.74 Å². The van der Waals surface area contributed by atoms with Gasteiger partial charge in [-0.25, -0.2) is 4.79 Å². The van der Waals surface area contributed by atoms with Crippen LogP contribution in [0, 0.1) is 45.6 Å². The molecule has 9 rings (SSSR count). The third kappa shape index (κ3) is 8.30. The number of methoxy groups -OCH3 is 1. The molecule has 5 fully saturated rings. The van der Waals surface area contributed by atoms with Gasteiger partial charge >= 0.3 is 5.97 Å². The van der Waals surface area contributed by atoms with Gasteiger partial charge in [-0.3, -0.25) is 14.9 Å². The molecular formula is C51H61ClN2O8Si. The van der Waals surface area contributed by atoms with Crippen molar-refractivity contribution >= 4 is 54.9 Å². The van der Waals surface area contributed by atoms with Gasteiger partial charge in [-0.05, 0) is 134 Å². The lowest BCUT2D eigenvalue weighted by Gasteiger charge is -2.51. The average molecular weight is 894 g/mol. The van der Waals surface area contributed by atoms with E-state index in [9.17, 15) is 19.7 Å². The van der Waals surface area contributed by atoms with Gasteiger partial charge < -0.3 is 23.5 Å². The fraction of sp³-hybridized carbons (Fsp3) is 0.490. The minimum Gasteiger partial charge on any atom is -0.496 e. The standard InChI is InChI=1S/C51H61ClN2O8Si/c1-10-11-36-18-21-40(48(59-7)43-37-23-33-22-34(25-37)26-38(43)24-33)44(52)47(36)60-27-31-12-16-35(17-13-31)41-29(2)45-42(30(3)62-63(8,9)51(4,5)6)49(55)53(45)46(41)50(56)61-28-32-14-19-39(20-15-32)54(57)58/h10-21,29-30,33-34,37-38,42,45H,22-28H2,1-9H3/b11-10+,48-43?/t29-,30+,33?,34?,37?,38?,42+,45+/m0/s1. The Bertz CT molecular complexity index is 2350. The fourth-order valence-corrected chi connectivity index (χ4v) is 12.9. The van der Waals surface area contributed by atoms with Gasteiger partial charge in [0.2, 0.25) is 5.91 Å². The summed E-state index contributed by atoms with van der Waals surface area (Å²) < 4.78 is 25.4. The Morgan fingerprint density at radius 3 is 2.13 bits per heavy atom. The molecule has 334 valence electrons. The third-order valence-corrected chi connectivity index (χ3v) is 20.0. The normalized spacial score (nSPS) is 25.6. The Balaban J connectivity index is 1.06. The predicted molar refractivity (Wildman–Crippen MR) is 249 cm³/mol. The van der Waals surface area contributed by atoms with Crippen molar-refractivity contribution in [2.24, 2.45) is 35.5 Å². The van der Waals surface area contributed by atoms with Gasteiger partial charge in [0, 0.05) is 29.2 Å². The number of carbonyl (C=O) groups is 2. The van der Waals surface area contributed by atoms with Crippen molar-refractivity contribution in [1.29, 1.82) is 0 Å². The number of nitro benzene ring substituents is 1. The van der Waals surface area contributed by atoms with E-state index in [0.29, 0.717) is 28.2 Å². The molecule has 4 atom stereocenters. The average Bonchev–Trinajstić information content (AvgIpc) is 3.49. The number of fused-ring (bicyclic) bond motifs is 1. The first-order valence-electron chi connectivity index (χ1n) is 22.5. The number of hydrogen-bond acceptors (Lipinski definition) is 8. The quantitative estimate of drug-likeness (QED) is 0.0392. The first-order valence-corrected chi connectivity index (χ1v) is 25.8. The molecule has 3 aromatic carbocycles. The zero-order chi connectivity index (χ0) is 45.1. The van der Waals surface area contributed by atoms with E-state index in [1.165, 1.54) is 49.8 Å². The van der Waals surface area contributed by atoms with Gasteiger partial charge in [-0.2, -0.15) is 0 Å². The predicted octanol–water partition coefficient (Wildman–Crippen LogP) is 12.0. The number of halogens is 1. The number of amides is 1. The van der Waals surface area contributed by atoms with Crippen molar-refractivity contribution in [3.8, 4) is 5.75 Å². The summed E-state index contributed by atoms with van der Waals surface area (Å²) in [6.45, 7) is 17.1. The number of hydrogen-bond donors (Lipinski definition) is 0. The van der Waals surface area contributed by atoms with Crippen LogP contribution in [0.2, 0.25) is 23.2 Å². The van der Waals surface area contributed by atoms with E-state index in [1.54, 1.807) is 24.1 Å². The van der Waals surface area contributed by atoms with Crippen molar-refractivity contribution in [3.05, 3.63) is 121 Å². The molecular weight excluding hydrogens is 832 g/mol. The molecule has 0 radical (unpaired) electrons. The maximum absolute atomic E-state index is 14.2. The van der Waals surface area contributed by atoms with Gasteiger partial charge in [-0.1, -0.05) is 81.8 Å². The second-order valence-corrected chi connectivity index (χ2v) is 25.1. The van der Waals surface area contributed by atoms with Gasteiger partial charge in [0.1, 0.15) is 30.4 Å². The maximum Gasteiger partial charge on any atom is 0.355 e. The molecule has 63 heavy (non-hydrogen) atoms. The Labute approximate surface area is 377 Å². The second-order valence-electron chi connectivity index (χ2n) is 20.0. The Morgan fingerprint density at radius 2 is 1.56 bits per heavy atom. The minimum absolute atomic E-state index is 0.0438. The number of non-ortho nitro benzene ring substituents is 1. The second kappa shape index (κ2) is 17.3. The number of allylic oxidation sites excluding steroid dienone is 2. The zero-order valence-corrected chi connectivity index (χ0v) is 39.8. The topological polar surface area (TPSA) is 117 Å². The molecule has 0 spiro atoms. The van der Waals surface area contributed by atoms with Crippen molar-refractivity contribution in [2.75, 3.05) is 7.11 Å². The number of rotatable bonds is 14. The zero-order valence-electron chi connectivity index (χ0n) is 38.0. The lowest BCUT2D eigenvalue weighted by atomic mass is 9.54. The molecule has 4 bridgehead atoms. The Hall–Kier alpha value is -4.71. The lowest BCUT2D eigenvalue weighted by Crippen LogP contribution is -2.65. The third-order valence-electron chi connectivity index (χ3n) is 15.0. The van der Waals surface area contributed by atoms with Gasteiger partial charge in [0.25, 0.3) is 5.69 Å². The summed E-state index contributed by atoms with van der Waals surface area (Å²) in [7, 11) is -0.454. The Kier molecular flexibility index (Phi) is 12.4. The molecule has 3 aromatic rings. The van der Waals surface area contributed by atoms with Crippen molar-refractivity contribution in [1.82, 2.24) is 4.90 Å². The molecule has 4 aliphatic carbocycles. The molecule has 0 aromatic heterocycles. The van der Waals surface area contributed by atoms with Crippen LogP contribution in [0.25, 0.3) is 17.4 Å². The largest absolute Gasteiger partial charge is 0.496 e. The first-order chi connectivity index (χ1) is 29.9. The summed E-state index contributed by atoms with van der Waals surface area (Å²) in [5, 5.41) is 11.7. The van der Waals surface area contributed by atoms with Crippen LogP contribution in [0.15, 0.2) is 78.0 Å². The van der Waals surface area contributed by atoms with Gasteiger partial charge in [-0.15, -0.1) is 0 Å². The summed E-state index contributed by atoms with van der Waals surface area (Å²) in [5.74, 6) is 2.85. The van der Waals surface area contributed by atoms with E-state index in [0.717, 1.165) is 45.4 Å². The van der Waals surface area contributed by atoms with Crippen molar-refractivity contribution < 1.29 is 33.1 Å². The van der Waals surface area contributed by atoms with E-state index in [4.69, 9.17) is 30.2 Å². The number of nitrogens with zero attached hydrogens (tertiary/aromatic N) is 2. The van der Waals surface area contributed by atoms with Crippen LogP contribution in [-0.2, 0) is 36.7 Å². The highest BCUT2D eigenvalue weighted by Gasteiger charge is 2.61. The molecule has 6 aliphatic rings. The van der Waals surface area contributed by atoms with Crippen LogP contribution in [0.4, 0.5) is 5.69 Å². The van der Waals surface area contributed by atoms with Crippen LogP contribution in [0.1, 0.15) is 101 Å². The van der Waals surface area contributed by atoms with Crippen LogP contribution in [0.3, 0.4) is 0 Å². The molecule has 0 unspecified atom stereocenters.